The molecule has 1 fully saturated rings. The lowest BCUT2D eigenvalue weighted by molar-refractivity contribution is 0.0730. The zero-order valence-electron chi connectivity index (χ0n) is 16.8. The van der Waals surface area contributed by atoms with Crippen molar-refractivity contribution in [3.05, 3.63) is 72.6 Å². The largest absolute Gasteiger partial charge is 0.455 e. The Balaban J connectivity index is 1.69. The van der Waals surface area contributed by atoms with Crippen molar-refractivity contribution in [1.29, 1.82) is 0 Å². The van der Waals surface area contributed by atoms with Crippen molar-refractivity contribution in [2.24, 2.45) is 0 Å². The molecule has 1 aliphatic heterocycles. The van der Waals surface area contributed by atoms with Crippen molar-refractivity contribution in [3.63, 3.8) is 0 Å². The number of carbonyl (C=O) groups is 1. The molecule has 2 aromatic carbocycles. The van der Waals surface area contributed by atoms with Gasteiger partial charge in [-0.15, -0.1) is 0 Å². The van der Waals surface area contributed by atoms with Crippen molar-refractivity contribution < 1.29 is 27.1 Å². The normalized spacial score (nSPS) is 14.7. The van der Waals surface area contributed by atoms with Crippen LogP contribution in [-0.4, -0.2) is 54.9 Å². The number of halogens is 1. The van der Waals surface area contributed by atoms with Crippen LogP contribution in [-0.2, 0) is 14.8 Å². The third-order valence-corrected chi connectivity index (χ3v) is 6.54. The van der Waals surface area contributed by atoms with Gasteiger partial charge >= 0.3 is 0 Å². The zero-order valence-corrected chi connectivity index (χ0v) is 17.6. The predicted molar refractivity (Wildman–Crippen MR) is 112 cm³/mol. The number of hydrogen-bond acceptors (Lipinski definition) is 7. The molecule has 1 saturated heterocycles. The lowest BCUT2D eigenvalue weighted by Gasteiger charge is -2.26. The smallest absolute Gasteiger partial charge is 0.275 e. The standard InChI is InChI=1S/C21H19FN4O5S/c22-15-1-3-16(4-2-15)31-20-6-5-17(32(28,29)26-9-11-30-12-10-26)13-18(20)25-21(27)19-14-23-7-8-24-19/h1-8,13-14H,9-12H2,(H,25,27). The Hall–Kier alpha value is -3.41. The van der Waals surface area contributed by atoms with Crippen LogP contribution in [0.5, 0.6) is 11.5 Å². The van der Waals surface area contributed by atoms with E-state index in [-0.39, 0.29) is 35.1 Å². The first-order valence-electron chi connectivity index (χ1n) is 9.66. The van der Waals surface area contributed by atoms with E-state index in [1.807, 2.05) is 0 Å². The molecule has 0 atom stereocenters. The fraction of sp³-hybridized carbons (Fsp3) is 0.190. The number of amides is 1. The summed E-state index contributed by atoms with van der Waals surface area (Å²) in [5.74, 6) is -0.538. The molecule has 0 spiro atoms. The lowest BCUT2D eigenvalue weighted by Crippen LogP contribution is -2.40. The fourth-order valence-electron chi connectivity index (χ4n) is 3.02. The minimum Gasteiger partial charge on any atom is -0.455 e. The summed E-state index contributed by atoms with van der Waals surface area (Å²) < 4.78 is 51.6. The second-order valence-corrected chi connectivity index (χ2v) is 8.71. The van der Waals surface area contributed by atoms with Crippen LogP contribution in [0.25, 0.3) is 0 Å². The Morgan fingerprint density at radius 2 is 1.84 bits per heavy atom. The highest BCUT2D eigenvalue weighted by Crippen LogP contribution is 2.33. The van der Waals surface area contributed by atoms with Crippen molar-refractivity contribution in [2.75, 3.05) is 31.6 Å². The molecule has 11 heteroatoms. The monoisotopic (exact) mass is 458 g/mol. The highest BCUT2D eigenvalue weighted by molar-refractivity contribution is 7.89. The number of morpholine rings is 1. The first-order valence-corrected chi connectivity index (χ1v) is 11.1. The Bertz CT molecular complexity index is 1200. The van der Waals surface area contributed by atoms with Crippen molar-refractivity contribution in [2.45, 2.75) is 4.90 Å². The molecule has 0 saturated carbocycles. The summed E-state index contributed by atoms with van der Waals surface area (Å²) in [6.45, 7) is 1.08. The minimum absolute atomic E-state index is 0.0136. The number of ether oxygens (including phenoxy) is 2. The van der Waals surface area contributed by atoms with E-state index in [2.05, 4.69) is 15.3 Å². The molecule has 166 valence electrons. The van der Waals surface area contributed by atoms with E-state index in [1.165, 1.54) is 65.4 Å². The summed E-state index contributed by atoms with van der Waals surface area (Å²) in [4.78, 5) is 20.4. The van der Waals surface area contributed by atoms with Gasteiger partial charge < -0.3 is 14.8 Å². The third kappa shape index (κ3) is 4.90. The molecule has 2 heterocycles. The Labute approximate surface area is 183 Å². The molecule has 32 heavy (non-hydrogen) atoms. The Morgan fingerprint density at radius 3 is 2.53 bits per heavy atom. The number of benzene rings is 2. The van der Waals surface area contributed by atoms with E-state index in [0.29, 0.717) is 19.0 Å². The van der Waals surface area contributed by atoms with Gasteiger partial charge in [0, 0.05) is 25.5 Å². The van der Waals surface area contributed by atoms with Crippen LogP contribution >= 0.6 is 0 Å². The molecule has 1 N–H and O–H groups in total. The maximum absolute atomic E-state index is 13.2. The number of anilines is 1. The van der Waals surface area contributed by atoms with Crippen LogP contribution < -0.4 is 10.1 Å². The van der Waals surface area contributed by atoms with Gasteiger partial charge in [-0.1, -0.05) is 0 Å². The van der Waals surface area contributed by atoms with Gasteiger partial charge in [-0.25, -0.2) is 17.8 Å². The van der Waals surface area contributed by atoms with Gasteiger partial charge in [0.15, 0.2) is 5.75 Å². The highest BCUT2D eigenvalue weighted by Gasteiger charge is 2.27. The predicted octanol–water partition coefficient (Wildman–Crippen LogP) is 2.68. The quantitative estimate of drug-likeness (QED) is 0.605. The fourth-order valence-corrected chi connectivity index (χ4v) is 4.46. The molecule has 0 bridgehead atoms. The van der Waals surface area contributed by atoms with Crippen LogP contribution in [0.4, 0.5) is 10.1 Å². The first kappa shape index (κ1) is 21.8. The summed E-state index contributed by atoms with van der Waals surface area (Å²) in [6, 6.07) is 9.43. The molecular formula is C21H19FN4O5S. The van der Waals surface area contributed by atoms with Gasteiger partial charge in [-0.2, -0.15) is 4.31 Å². The number of carbonyl (C=O) groups excluding carboxylic acids is 1. The zero-order chi connectivity index (χ0) is 22.6. The molecule has 1 aromatic heterocycles. The average Bonchev–Trinajstić information content (AvgIpc) is 2.82. The summed E-state index contributed by atoms with van der Waals surface area (Å²) >= 11 is 0. The van der Waals surface area contributed by atoms with E-state index in [9.17, 15) is 17.6 Å². The van der Waals surface area contributed by atoms with Crippen LogP contribution in [0.3, 0.4) is 0 Å². The van der Waals surface area contributed by atoms with Gasteiger partial charge in [0.1, 0.15) is 17.3 Å². The number of hydrogen-bond donors (Lipinski definition) is 1. The van der Waals surface area contributed by atoms with E-state index >= 15 is 0 Å². The second-order valence-electron chi connectivity index (χ2n) is 6.78. The van der Waals surface area contributed by atoms with Crippen LogP contribution in [0, 0.1) is 5.82 Å². The van der Waals surface area contributed by atoms with Gasteiger partial charge in [0.2, 0.25) is 10.0 Å². The van der Waals surface area contributed by atoms with Crippen molar-refractivity contribution in [3.8, 4) is 11.5 Å². The van der Waals surface area contributed by atoms with E-state index < -0.39 is 21.7 Å². The number of rotatable bonds is 6. The molecule has 4 rings (SSSR count). The first-order chi connectivity index (χ1) is 15.4. The third-order valence-electron chi connectivity index (χ3n) is 4.64. The molecule has 1 aliphatic rings. The molecule has 0 unspecified atom stereocenters. The average molecular weight is 458 g/mol. The number of sulfonamides is 1. The summed E-state index contributed by atoms with van der Waals surface area (Å²) in [7, 11) is -3.81. The van der Waals surface area contributed by atoms with Gasteiger partial charge in [-0.3, -0.25) is 9.78 Å². The summed E-state index contributed by atoms with van der Waals surface area (Å²) in [5, 5.41) is 2.63. The topological polar surface area (TPSA) is 111 Å². The molecule has 3 aromatic rings. The van der Waals surface area contributed by atoms with E-state index in [1.54, 1.807) is 0 Å². The van der Waals surface area contributed by atoms with Gasteiger partial charge in [-0.05, 0) is 42.5 Å². The van der Waals surface area contributed by atoms with Crippen molar-refractivity contribution >= 4 is 21.6 Å². The van der Waals surface area contributed by atoms with Gasteiger partial charge in [0.25, 0.3) is 5.91 Å². The molecule has 9 nitrogen and oxygen atoms in total. The maximum atomic E-state index is 13.2. The molecule has 0 radical (unpaired) electrons. The highest BCUT2D eigenvalue weighted by atomic mass is 32.2. The number of nitrogens with zero attached hydrogens (tertiary/aromatic N) is 3. The Morgan fingerprint density at radius 1 is 1.09 bits per heavy atom. The molecule has 0 aliphatic carbocycles. The van der Waals surface area contributed by atoms with Crippen LogP contribution in [0.1, 0.15) is 10.5 Å². The molecule has 1 amide bonds. The Kier molecular flexibility index (Phi) is 6.40. The number of aromatic nitrogens is 2. The van der Waals surface area contributed by atoms with Crippen LogP contribution in [0.15, 0.2) is 66.0 Å². The summed E-state index contributed by atoms with van der Waals surface area (Å²) in [5.41, 5.74) is 0.154. The van der Waals surface area contributed by atoms with E-state index in [0.717, 1.165) is 0 Å². The summed E-state index contributed by atoms with van der Waals surface area (Å²) in [6.07, 6.45) is 4.07. The second kappa shape index (κ2) is 9.39. The maximum Gasteiger partial charge on any atom is 0.275 e. The minimum atomic E-state index is -3.81. The lowest BCUT2D eigenvalue weighted by atomic mass is 10.2. The number of nitrogens with one attached hydrogen (secondary N) is 1. The van der Waals surface area contributed by atoms with Crippen LogP contribution in [0.2, 0.25) is 0 Å². The SMILES string of the molecule is O=C(Nc1cc(S(=O)(=O)N2CCOCC2)ccc1Oc1ccc(F)cc1)c1cnccn1. The van der Waals surface area contributed by atoms with Gasteiger partial charge in [0.05, 0.1) is 30.0 Å². The van der Waals surface area contributed by atoms with E-state index in [4.69, 9.17) is 9.47 Å². The van der Waals surface area contributed by atoms with Crippen molar-refractivity contribution in [1.82, 2.24) is 14.3 Å². The molecular weight excluding hydrogens is 439 g/mol.